The zero-order valence-electron chi connectivity index (χ0n) is 6.84. The first kappa shape index (κ1) is 9.02. The summed E-state index contributed by atoms with van der Waals surface area (Å²) in [6.07, 6.45) is 2.75. The van der Waals surface area contributed by atoms with Crippen LogP contribution in [0.4, 0.5) is 0 Å². The number of nitrogens with zero attached hydrogens (tertiary/aromatic N) is 4. The number of carbonyl (C=O) groups is 2. The summed E-state index contributed by atoms with van der Waals surface area (Å²) in [4.78, 5) is 24.1. The lowest BCUT2D eigenvalue weighted by molar-refractivity contribution is 0.0937. The molecule has 6 nitrogen and oxygen atoms in total. The van der Waals surface area contributed by atoms with Gasteiger partial charge in [-0.1, -0.05) is 0 Å². The predicted octanol–water partition coefficient (Wildman–Crippen LogP) is 1.60. The van der Waals surface area contributed by atoms with Crippen molar-refractivity contribution in [1.82, 2.24) is 4.57 Å². The Morgan fingerprint density at radius 2 is 2.31 bits per heavy atom. The summed E-state index contributed by atoms with van der Waals surface area (Å²) in [5.41, 5.74) is 8.18. The number of hydrogen-bond acceptors (Lipinski definition) is 2. The molecule has 6 heteroatoms. The van der Waals surface area contributed by atoms with Crippen LogP contribution >= 0.6 is 0 Å². The molecule has 0 aromatic carbocycles. The van der Waals surface area contributed by atoms with Gasteiger partial charge in [0.05, 0.1) is 0 Å². The van der Waals surface area contributed by atoms with E-state index in [-0.39, 0.29) is 11.5 Å². The number of hydrogen-bond donors (Lipinski definition) is 0. The quantitative estimate of drug-likeness (QED) is 0.371. The first-order valence-corrected chi connectivity index (χ1v) is 3.43. The molecule has 0 fully saturated rings. The summed E-state index contributed by atoms with van der Waals surface area (Å²) in [7, 11) is 0. The number of amides is 1. The minimum absolute atomic E-state index is 0.202. The molecule has 0 aliphatic carbocycles. The van der Waals surface area contributed by atoms with E-state index in [1.165, 1.54) is 30.0 Å². The molecule has 0 unspecified atom stereocenters. The van der Waals surface area contributed by atoms with Gasteiger partial charge in [0, 0.05) is 29.8 Å². The van der Waals surface area contributed by atoms with Gasteiger partial charge in [0.2, 0.25) is 5.91 Å². The molecule has 66 valence electrons. The van der Waals surface area contributed by atoms with Crippen LogP contribution in [0.3, 0.4) is 0 Å². The van der Waals surface area contributed by atoms with Gasteiger partial charge in [-0.05, 0) is 16.7 Å². The second kappa shape index (κ2) is 3.55. The van der Waals surface area contributed by atoms with Gasteiger partial charge in [-0.15, -0.1) is 0 Å². The Morgan fingerprint density at radius 3 is 2.77 bits per heavy atom. The Morgan fingerprint density at radius 1 is 1.62 bits per heavy atom. The van der Waals surface area contributed by atoms with Crippen molar-refractivity contribution in [2.45, 2.75) is 6.92 Å². The molecule has 13 heavy (non-hydrogen) atoms. The third kappa shape index (κ3) is 1.94. The van der Waals surface area contributed by atoms with Crippen molar-refractivity contribution in [1.29, 1.82) is 0 Å². The fourth-order valence-corrected chi connectivity index (χ4v) is 0.817. The van der Waals surface area contributed by atoms with Crippen molar-refractivity contribution in [3.8, 4) is 0 Å². The van der Waals surface area contributed by atoms with E-state index >= 15 is 0 Å². The molecule has 1 amide bonds. The van der Waals surface area contributed by atoms with Gasteiger partial charge in [-0.2, -0.15) is 0 Å². The molecule has 0 radical (unpaired) electrons. The average molecular weight is 178 g/mol. The second-order valence-electron chi connectivity index (χ2n) is 2.32. The van der Waals surface area contributed by atoms with E-state index in [1.807, 2.05) is 0 Å². The van der Waals surface area contributed by atoms with E-state index < -0.39 is 5.91 Å². The molecule has 1 aromatic rings. The van der Waals surface area contributed by atoms with Gasteiger partial charge in [0.15, 0.2) is 0 Å². The topological polar surface area (TPSA) is 87.8 Å². The Hall–Kier alpha value is -2.07. The van der Waals surface area contributed by atoms with Crippen LogP contribution in [0.25, 0.3) is 10.4 Å². The molecule has 0 saturated carbocycles. The minimum atomic E-state index is -0.692. The maximum atomic E-state index is 10.9. The van der Waals surface area contributed by atoms with Gasteiger partial charge >= 0.3 is 0 Å². The van der Waals surface area contributed by atoms with E-state index in [1.54, 1.807) is 0 Å². The van der Waals surface area contributed by atoms with Crippen LogP contribution in [0.5, 0.6) is 0 Å². The molecule has 0 atom stereocenters. The predicted molar refractivity (Wildman–Crippen MR) is 44.2 cm³/mol. The SMILES string of the molecule is CC(=O)n1ccc(C(=O)N=[N+]=[N-])c1. The lowest BCUT2D eigenvalue weighted by Gasteiger charge is -1.90. The van der Waals surface area contributed by atoms with Gasteiger partial charge < -0.3 is 0 Å². The average Bonchev–Trinajstić information content (AvgIpc) is 2.52. The molecule has 0 bridgehead atoms. The Balaban J connectivity index is 2.98. The van der Waals surface area contributed by atoms with Crippen molar-refractivity contribution >= 4 is 11.8 Å². The highest BCUT2D eigenvalue weighted by atomic mass is 16.2. The Labute approximate surface area is 73.4 Å². The van der Waals surface area contributed by atoms with Gasteiger partial charge in [0.1, 0.15) is 0 Å². The van der Waals surface area contributed by atoms with Crippen LogP contribution in [-0.2, 0) is 0 Å². The monoisotopic (exact) mass is 178 g/mol. The van der Waals surface area contributed by atoms with Crippen molar-refractivity contribution in [3.05, 3.63) is 34.5 Å². The highest BCUT2D eigenvalue weighted by molar-refractivity contribution is 5.95. The van der Waals surface area contributed by atoms with Crippen molar-refractivity contribution in [3.63, 3.8) is 0 Å². The molecule has 0 aliphatic rings. The third-order valence-electron chi connectivity index (χ3n) is 1.44. The molecular weight excluding hydrogens is 172 g/mol. The standard InChI is InChI=1S/C7H6N4O2/c1-5(12)11-3-2-6(4-11)7(13)9-10-8/h2-4H,1H3. The first-order chi connectivity index (χ1) is 6.15. The lowest BCUT2D eigenvalue weighted by Crippen LogP contribution is -2.01. The van der Waals surface area contributed by atoms with Crippen LogP contribution in [0.15, 0.2) is 23.6 Å². The summed E-state index contributed by atoms with van der Waals surface area (Å²) < 4.78 is 1.24. The van der Waals surface area contributed by atoms with Crippen LogP contribution < -0.4 is 0 Å². The number of rotatable bonds is 1. The van der Waals surface area contributed by atoms with Gasteiger partial charge in [-0.25, -0.2) is 0 Å². The van der Waals surface area contributed by atoms with Gasteiger partial charge in [-0.3, -0.25) is 14.2 Å². The van der Waals surface area contributed by atoms with Crippen LogP contribution in [0, 0.1) is 0 Å². The van der Waals surface area contributed by atoms with Crippen LogP contribution in [0.1, 0.15) is 22.1 Å². The molecule has 1 heterocycles. The van der Waals surface area contributed by atoms with Gasteiger partial charge in [0.25, 0.3) is 5.91 Å². The molecule has 0 spiro atoms. The van der Waals surface area contributed by atoms with E-state index in [9.17, 15) is 9.59 Å². The largest absolute Gasteiger partial charge is 0.294 e. The lowest BCUT2D eigenvalue weighted by atomic mass is 10.3. The highest BCUT2D eigenvalue weighted by Gasteiger charge is 2.05. The van der Waals surface area contributed by atoms with E-state index in [2.05, 4.69) is 10.0 Å². The van der Waals surface area contributed by atoms with Crippen LogP contribution in [0.2, 0.25) is 0 Å². The fraction of sp³-hybridized carbons (Fsp3) is 0.143. The summed E-state index contributed by atoms with van der Waals surface area (Å²) in [6, 6.07) is 1.42. The number of carbonyl (C=O) groups excluding carboxylic acids is 2. The summed E-state index contributed by atoms with van der Waals surface area (Å²) in [5.74, 6) is -0.900. The smallest absolute Gasteiger partial charge is 0.250 e. The van der Waals surface area contributed by atoms with E-state index in [0.29, 0.717) is 0 Å². The van der Waals surface area contributed by atoms with E-state index in [0.717, 1.165) is 0 Å². The summed E-state index contributed by atoms with van der Waals surface area (Å²) >= 11 is 0. The summed E-state index contributed by atoms with van der Waals surface area (Å²) in [6.45, 7) is 1.36. The normalized spacial score (nSPS) is 9.00. The molecule has 1 aromatic heterocycles. The molecule has 0 N–H and O–H groups in total. The third-order valence-corrected chi connectivity index (χ3v) is 1.44. The molecule has 0 aliphatic heterocycles. The summed E-state index contributed by atoms with van der Waals surface area (Å²) in [5, 5.41) is 2.88. The Kier molecular flexibility index (Phi) is 2.47. The number of azide groups is 1. The maximum absolute atomic E-state index is 10.9. The van der Waals surface area contributed by atoms with Crippen LogP contribution in [-0.4, -0.2) is 16.4 Å². The van der Waals surface area contributed by atoms with E-state index in [4.69, 9.17) is 5.53 Å². The van der Waals surface area contributed by atoms with Crippen molar-refractivity contribution in [2.75, 3.05) is 0 Å². The second-order valence-corrected chi connectivity index (χ2v) is 2.32. The fourth-order valence-electron chi connectivity index (χ4n) is 0.817. The van der Waals surface area contributed by atoms with Crippen molar-refractivity contribution < 1.29 is 9.59 Å². The first-order valence-electron chi connectivity index (χ1n) is 3.43. The Bertz CT molecular complexity index is 400. The number of aromatic nitrogens is 1. The molecule has 1 rings (SSSR count). The maximum Gasteiger partial charge on any atom is 0.250 e. The van der Waals surface area contributed by atoms with Crippen molar-refractivity contribution in [2.24, 2.45) is 5.11 Å². The minimum Gasteiger partial charge on any atom is -0.294 e. The zero-order chi connectivity index (χ0) is 9.84. The molecular formula is C7H6N4O2. The highest BCUT2D eigenvalue weighted by Crippen LogP contribution is 2.03. The zero-order valence-corrected chi connectivity index (χ0v) is 6.84. The molecule has 0 saturated heterocycles.